The predicted molar refractivity (Wildman–Crippen MR) is 102 cm³/mol. The number of hydrazine groups is 1. The Morgan fingerprint density at radius 1 is 1.19 bits per heavy atom. The van der Waals surface area contributed by atoms with Crippen molar-refractivity contribution in [1.29, 1.82) is 0 Å². The van der Waals surface area contributed by atoms with E-state index in [1.165, 1.54) is 0 Å². The lowest BCUT2D eigenvalue weighted by atomic mass is 9.95. The third-order valence-electron chi connectivity index (χ3n) is 4.90. The summed E-state index contributed by atoms with van der Waals surface area (Å²) in [5.41, 5.74) is 0.683. The summed E-state index contributed by atoms with van der Waals surface area (Å²) in [5.74, 6) is -0.131. The number of nitrogens with one attached hydrogen (secondary N) is 1. The predicted octanol–water partition coefficient (Wildman–Crippen LogP) is 2.00. The summed E-state index contributed by atoms with van der Waals surface area (Å²) in [7, 11) is 0. The minimum Gasteiger partial charge on any atom is -0.466 e. The summed E-state index contributed by atoms with van der Waals surface area (Å²) in [6.45, 7) is 3.94. The Morgan fingerprint density at radius 2 is 1.88 bits per heavy atom. The quantitative estimate of drug-likeness (QED) is 0.606. The third-order valence-corrected chi connectivity index (χ3v) is 5.25. The number of thiocarbonyl (C=S) groups is 1. The number of ether oxygens (including phenoxy) is 1. The molecule has 1 aromatic carbocycles. The van der Waals surface area contributed by atoms with Gasteiger partial charge in [-0.15, -0.1) is 0 Å². The highest BCUT2D eigenvalue weighted by Gasteiger charge is 2.54. The molecule has 1 saturated carbocycles. The molecular weight excluding hydrogens is 350 g/mol. The first kappa shape index (κ1) is 18.6. The maximum Gasteiger partial charge on any atom is 0.307 e. The average molecular weight is 375 g/mol. The second-order valence-electron chi connectivity index (χ2n) is 6.64. The Balaban J connectivity index is 1.60. The first-order valence-corrected chi connectivity index (χ1v) is 9.58. The molecule has 26 heavy (non-hydrogen) atoms. The van der Waals surface area contributed by atoms with Gasteiger partial charge in [-0.05, 0) is 44.0 Å². The van der Waals surface area contributed by atoms with E-state index < -0.39 is 5.41 Å². The molecule has 1 aromatic rings. The van der Waals surface area contributed by atoms with Crippen LogP contribution in [0.3, 0.4) is 0 Å². The Morgan fingerprint density at radius 3 is 2.54 bits per heavy atom. The maximum absolute atomic E-state index is 13.2. The molecule has 0 radical (unpaired) electrons. The number of amides is 1. The van der Waals surface area contributed by atoms with Crippen molar-refractivity contribution in [2.24, 2.45) is 0 Å². The van der Waals surface area contributed by atoms with Crippen LogP contribution in [0.25, 0.3) is 0 Å². The van der Waals surface area contributed by atoms with E-state index >= 15 is 0 Å². The Labute approximate surface area is 159 Å². The highest BCUT2D eigenvalue weighted by molar-refractivity contribution is 7.80. The molecule has 1 N–H and O–H groups in total. The SMILES string of the molecule is CCOC(=O)CCNC(=S)N1CCCN1C(=O)C1(c2ccccc2)CC1. The highest BCUT2D eigenvalue weighted by atomic mass is 32.1. The monoisotopic (exact) mass is 375 g/mol. The molecule has 2 aliphatic rings. The zero-order valence-corrected chi connectivity index (χ0v) is 15.9. The number of hydrogen-bond acceptors (Lipinski definition) is 4. The second kappa shape index (κ2) is 8.03. The number of hydrogen-bond donors (Lipinski definition) is 1. The van der Waals surface area contributed by atoms with Gasteiger partial charge in [-0.2, -0.15) is 0 Å². The van der Waals surface area contributed by atoms with Crippen LogP contribution < -0.4 is 5.32 Å². The van der Waals surface area contributed by atoms with Crippen LogP contribution in [0, 0.1) is 0 Å². The number of rotatable bonds is 6. The summed E-state index contributed by atoms with van der Waals surface area (Å²) in [4.78, 5) is 24.7. The van der Waals surface area contributed by atoms with Gasteiger partial charge in [0.05, 0.1) is 18.4 Å². The van der Waals surface area contributed by atoms with Crippen LogP contribution in [-0.2, 0) is 19.7 Å². The van der Waals surface area contributed by atoms with Crippen molar-refractivity contribution < 1.29 is 14.3 Å². The maximum atomic E-state index is 13.2. The summed E-state index contributed by atoms with van der Waals surface area (Å²) in [5, 5.41) is 7.18. The number of benzene rings is 1. The van der Waals surface area contributed by atoms with Gasteiger partial charge in [0.1, 0.15) is 0 Å². The second-order valence-corrected chi connectivity index (χ2v) is 7.03. The minimum atomic E-state index is -0.398. The summed E-state index contributed by atoms with van der Waals surface area (Å²) < 4.78 is 4.91. The molecule has 1 amide bonds. The third kappa shape index (κ3) is 3.82. The largest absolute Gasteiger partial charge is 0.466 e. The van der Waals surface area contributed by atoms with E-state index in [4.69, 9.17) is 17.0 Å². The number of esters is 1. The normalized spacial score (nSPS) is 17.7. The lowest BCUT2D eigenvalue weighted by Crippen LogP contribution is -2.52. The summed E-state index contributed by atoms with van der Waals surface area (Å²) >= 11 is 5.46. The van der Waals surface area contributed by atoms with Crippen LogP contribution in [0.5, 0.6) is 0 Å². The standard InChI is InChI=1S/C19H25N3O3S/c1-2-25-16(23)9-12-20-18(26)22-14-6-13-21(22)17(24)19(10-11-19)15-7-4-3-5-8-15/h3-5,7-8H,2,6,9-14H2,1H3,(H,20,26). The van der Waals surface area contributed by atoms with E-state index in [0.717, 1.165) is 24.8 Å². The molecular formula is C19H25N3O3S. The molecule has 1 aliphatic heterocycles. The average Bonchev–Trinajstić information content (AvgIpc) is 3.31. The topological polar surface area (TPSA) is 61.9 Å². The van der Waals surface area contributed by atoms with E-state index in [1.54, 1.807) is 11.9 Å². The molecule has 0 spiro atoms. The molecule has 1 aliphatic carbocycles. The lowest BCUT2D eigenvalue weighted by Gasteiger charge is -2.33. The van der Waals surface area contributed by atoms with Crippen molar-refractivity contribution >= 4 is 29.2 Å². The van der Waals surface area contributed by atoms with Crippen LogP contribution in [-0.4, -0.2) is 53.2 Å². The van der Waals surface area contributed by atoms with Crippen LogP contribution in [0.15, 0.2) is 30.3 Å². The van der Waals surface area contributed by atoms with Gasteiger partial charge in [-0.25, -0.2) is 0 Å². The van der Waals surface area contributed by atoms with Crippen molar-refractivity contribution in [2.45, 2.75) is 38.0 Å². The molecule has 1 heterocycles. The van der Waals surface area contributed by atoms with Crippen molar-refractivity contribution in [3.63, 3.8) is 0 Å². The fourth-order valence-corrected chi connectivity index (χ4v) is 3.68. The molecule has 7 heteroatoms. The molecule has 6 nitrogen and oxygen atoms in total. The van der Waals surface area contributed by atoms with E-state index in [0.29, 0.717) is 31.4 Å². The van der Waals surface area contributed by atoms with Gasteiger partial charge in [-0.3, -0.25) is 19.6 Å². The molecule has 2 fully saturated rings. The number of carbonyl (C=O) groups is 2. The van der Waals surface area contributed by atoms with Gasteiger partial charge >= 0.3 is 5.97 Å². The molecule has 0 atom stereocenters. The van der Waals surface area contributed by atoms with Gasteiger partial charge in [0, 0.05) is 19.6 Å². The van der Waals surface area contributed by atoms with Crippen LogP contribution in [0.2, 0.25) is 0 Å². The summed E-state index contributed by atoms with van der Waals surface area (Å²) in [6.07, 6.45) is 2.90. The van der Waals surface area contributed by atoms with Crippen LogP contribution in [0.4, 0.5) is 0 Å². The fourth-order valence-electron chi connectivity index (χ4n) is 3.39. The highest BCUT2D eigenvalue weighted by Crippen LogP contribution is 2.50. The first-order chi connectivity index (χ1) is 12.6. The molecule has 0 unspecified atom stereocenters. The fraction of sp³-hybridized carbons (Fsp3) is 0.526. The van der Waals surface area contributed by atoms with Crippen molar-refractivity contribution in [1.82, 2.24) is 15.3 Å². The van der Waals surface area contributed by atoms with Gasteiger partial charge in [0.15, 0.2) is 5.11 Å². The molecule has 0 aromatic heterocycles. The van der Waals surface area contributed by atoms with Gasteiger partial charge in [0.2, 0.25) is 0 Å². The van der Waals surface area contributed by atoms with Crippen molar-refractivity contribution in [3.8, 4) is 0 Å². The van der Waals surface area contributed by atoms with E-state index in [2.05, 4.69) is 5.32 Å². The Bertz CT molecular complexity index is 676. The smallest absolute Gasteiger partial charge is 0.307 e. The zero-order chi connectivity index (χ0) is 18.6. The molecule has 1 saturated heterocycles. The van der Waals surface area contributed by atoms with E-state index in [1.807, 2.05) is 35.3 Å². The van der Waals surface area contributed by atoms with Crippen molar-refractivity contribution in [2.75, 3.05) is 26.2 Å². The lowest BCUT2D eigenvalue weighted by molar-refractivity contribution is -0.143. The van der Waals surface area contributed by atoms with Gasteiger partial charge in [0.25, 0.3) is 5.91 Å². The number of nitrogens with zero attached hydrogens (tertiary/aromatic N) is 2. The van der Waals surface area contributed by atoms with Crippen LogP contribution >= 0.6 is 12.2 Å². The summed E-state index contributed by atoms with van der Waals surface area (Å²) in [6, 6.07) is 9.98. The Kier molecular flexibility index (Phi) is 5.76. The van der Waals surface area contributed by atoms with Crippen LogP contribution in [0.1, 0.15) is 38.2 Å². The number of carbonyl (C=O) groups excluding carboxylic acids is 2. The first-order valence-electron chi connectivity index (χ1n) is 9.17. The molecule has 140 valence electrons. The van der Waals surface area contributed by atoms with E-state index in [9.17, 15) is 9.59 Å². The Hall–Kier alpha value is -2.15. The van der Waals surface area contributed by atoms with Gasteiger partial charge in [-0.1, -0.05) is 30.3 Å². The van der Waals surface area contributed by atoms with Crippen molar-refractivity contribution in [3.05, 3.63) is 35.9 Å². The molecule has 0 bridgehead atoms. The minimum absolute atomic E-state index is 0.121. The molecule has 3 rings (SSSR count). The zero-order valence-electron chi connectivity index (χ0n) is 15.1. The van der Waals surface area contributed by atoms with Gasteiger partial charge < -0.3 is 10.1 Å². The van der Waals surface area contributed by atoms with E-state index in [-0.39, 0.29) is 18.3 Å².